The smallest absolute Gasteiger partial charge is 0.255 e. The van der Waals surface area contributed by atoms with Crippen LogP contribution in [0.4, 0.5) is 11.4 Å². The van der Waals surface area contributed by atoms with Crippen LogP contribution in [0.25, 0.3) is 0 Å². The highest BCUT2D eigenvalue weighted by Gasteiger charge is 2.15. The normalized spacial score (nSPS) is 12.1. The molecule has 7 nitrogen and oxygen atoms in total. The molecule has 1 atom stereocenters. The van der Waals surface area contributed by atoms with Crippen molar-refractivity contribution in [2.45, 2.75) is 28.9 Å². The van der Waals surface area contributed by atoms with Crippen LogP contribution in [0.2, 0.25) is 0 Å². The van der Waals surface area contributed by atoms with Gasteiger partial charge in [0, 0.05) is 21.8 Å². The Morgan fingerprint density at radius 2 is 1.38 bits per heavy atom. The van der Waals surface area contributed by atoms with Gasteiger partial charge in [0.1, 0.15) is 0 Å². The third kappa shape index (κ3) is 6.43. The van der Waals surface area contributed by atoms with Crippen molar-refractivity contribution in [1.82, 2.24) is 0 Å². The van der Waals surface area contributed by atoms with E-state index in [1.54, 1.807) is 31.2 Å². The third-order valence-electron chi connectivity index (χ3n) is 4.56. The summed E-state index contributed by atoms with van der Waals surface area (Å²) in [5.41, 5.74) is 2.80. The van der Waals surface area contributed by atoms with E-state index < -0.39 is 15.3 Å². The molecule has 0 aliphatic heterocycles. The van der Waals surface area contributed by atoms with Crippen molar-refractivity contribution in [2.24, 2.45) is 5.14 Å². The Morgan fingerprint density at radius 3 is 1.94 bits per heavy atom. The lowest BCUT2D eigenvalue weighted by Gasteiger charge is -2.13. The first-order valence-electron chi connectivity index (χ1n) is 9.70. The highest BCUT2D eigenvalue weighted by molar-refractivity contribution is 8.00. The summed E-state index contributed by atoms with van der Waals surface area (Å²) in [7, 11) is -3.78. The number of sulfonamides is 1. The highest BCUT2D eigenvalue weighted by atomic mass is 32.2. The monoisotopic (exact) mass is 469 g/mol. The minimum absolute atomic E-state index is 0.0209. The first kappa shape index (κ1) is 23.5. The second-order valence-electron chi connectivity index (χ2n) is 7.16. The van der Waals surface area contributed by atoms with E-state index in [9.17, 15) is 18.0 Å². The van der Waals surface area contributed by atoms with Crippen LogP contribution in [0.5, 0.6) is 0 Å². The van der Waals surface area contributed by atoms with Gasteiger partial charge < -0.3 is 10.6 Å². The van der Waals surface area contributed by atoms with Gasteiger partial charge in [-0.1, -0.05) is 17.7 Å². The Balaban J connectivity index is 1.55. The maximum absolute atomic E-state index is 12.5. The summed E-state index contributed by atoms with van der Waals surface area (Å²) in [6.45, 7) is 3.73. The van der Waals surface area contributed by atoms with E-state index in [0.29, 0.717) is 16.9 Å². The van der Waals surface area contributed by atoms with Crippen LogP contribution in [-0.4, -0.2) is 25.5 Å². The Hall–Kier alpha value is -3.14. The first-order chi connectivity index (χ1) is 15.1. The summed E-state index contributed by atoms with van der Waals surface area (Å²) in [5, 5.41) is 10.3. The molecule has 0 fully saturated rings. The number of anilines is 2. The van der Waals surface area contributed by atoms with Crippen LogP contribution >= 0.6 is 11.8 Å². The summed E-state index contributed by atoms with van der Waals surface area (Å²) >= 11 is 1.36. The van der Waals surface area contributed by atoms with Crippen molar-refractivity contribution in [2.75, 3.05) is 10.6 Å². The molecule has 3 aromatic carbocycles. The zero-order valence-electron chi connectivity index (χ0n) is 17.5. The summed E-state index contributed by atoms with van der Waals surface area (Å²) in [4.78, 5) is 25.6. The van der Waals surface area contributed by atoms with Gasteiger partial charge in [-0.15, -0.1) is 11.8 Å². The Morgan fingerprint density at radius 1 is 0.844 bits per heavy atom. The fourth-order valence-corrected chi connectivity index (χ4v) is 4.14. The van der Waals surface area contributed by atoms with Gasteiger partial charge >= 0.3 is 0 Å². The van der Waals surface area contributed by atoms with Crippen molar-refractivity contribution in [3.63, 3.8) is 0 Å². The number of benzene rings is 3. The molecule has 0 aliphatic carbocycles. The molecular weight excluding hydrogens is 446 g/mol. The summed E-state index contributed by atoms with van der Waals surface area (Å²) in [5.74, 6) is -0.415. The van der Waals surface area contributed by atoms with Gasteiger partial charge in [0.15, 0.2) is 0 Å². The van der Waals surface area contributed by atoms with Gasteiger partial charge in [0.05, 0.1) is 10.1 Å². The minimum atomic E-state index is -3.78. The fraction of sp³-hybridized carbons (Fsp3) is 0.130. The molecule has 3 aromatic rings. The van der Waals surface area contributed by atoms with Crippen LogP contribution in [-0.2, 0) is 14.8 Å². The number of nitrogens with two attached hydrogens (primary N) is 1. The number of carbonyl (C=O) groups excluding carboxylic acids is 2. The minimum Gasteiger partial charge on any atom is -0.325 e. The summed E-state index contributed by atoms with van der Waals surface area (Å²) < 4.78 is 22.6. The molecule has 0 bridgehead atoms. The lowest BCUT2D eigenvalue weighted by Crippen LogP contribution is -2.22. The molecule has 0 radical (unpaired) electrons. The molecule has 2 amide bonds. The largest absolute Gasteiger partial charge is 0.325 e. The summed E-state index contributed by atoms with van der Waals surface area (Å²) in [6.07, 6.45) is 0. The van der Waals surface area contributed by atoms with Gasteiger partial charge in [0.25, 0.3) is 5.91 Å². The average Bonchev–Trinajstić information content (AvgIpc) is 2.75. The van der Waals surface area contributed by atoms with Crippen LogP contribution in [0, 0.1) is 6.92 Å². The van der Waals surface area contributed by atoms with E-state index in [4.69, 9.17) is 5.14 Å². The standard InChI is InChI=1S/C23H23N3O4S2/c1-15-3-5-17(6-4-15)23(28)26-18-7-11-20(12-8-18)31-16(2)22(27)25-19-9-13-21(14-10-19)32(24,29)30/h3-14,16H,1-2H3,(H,25,27)(H,26,28)(H2,24,29,30). The highest BCUT2D eigenvalue weighted by Crippen LogP contribution is 2.26. The third-order valence-corrected chi connectivity index (χ3v) is 6.60. The molecule has 0 spiro atoms. The molecule has 9 heteroatoms. The van der Waals surface area contributed by atoms with E-state index >= 15 is 0 Å². The SMILES string of the molecule is Cc1ccc(C(=O)Nc2ccc(SC(C)C(=O)Nc3ccc(S(N)(=O)=O)cc3)cc2)cc1. The molecule has 166 valence electrons. The van der Waals surface area contributed by atoms with Crippen molar-refractivity contribution < 1.29 is 18.0 Å². The molecule has 4 N–H and O–H groups in total. The first-order valence-corrected chi connectivity index (χ1v) is 12.1. The van der Waals surface area contributed by atoms with Crippen LogP contribution in [0.1, 0.15) is 22.8 Å². The van der Waals surface area contributed by atoms with E-state index in [-0.39, 0.29) is 16.7 Å². The van der Waals surface area contributed by atoms with Crippen LogP contribution in [0.3, 0.4) is 0 Å². The fourth-order valence-electron chi connectivity index (χ4n) is 2.75. The van der Waals surface area contributed by atoms with E-state index in [1.807, 2.05) is 31.2 Å². The van der Waals surface area contributed by atoms with Crippen molar-refractivity contribution >= 4 is 45.0 Å². The number of hydrogen-bond donors (Lipinski definition) is 3. The molecule has 0 saturated carbocycles. The molecule has 0 aliphatic rings. The van der Waals surface area contributed by atoms with Crippen molar-refractivity contribution in [1.29, 1.82) is 0 Å². The van der Waals surface area contributed by atoms with Gasteiger partial charge in [-0.3, -0.25) is 9.59 Å². The maximum atomic E-state index is 12.5. The summed E-state index contributed by atoms with van der Waals surface area (Å²) in [6, 6.07) is 20.2. The van der Waals surface area contributed by atoms with Crippen LogP contribution < -0.4 is 15.8 Å². The van der Waals surface area contributed by atoms with Crippen molar-refractivity contribution in [3.05, 3.63) is 83.9 Å². The van der Waals surface area contributed by atoms with Gasteiger partial charge in [-0.2, -0.15) is 0 Å². The number of rotatable bonds is 7. The predicted molar refractivity (Wildman–Crippen MR) is 127 cm³/mol. The van der Waals surface area contributed by atoms with Gasteiger partial charge in [-0.25, -0.2) is 13.6 Å². The number of amides is 2. The van der Waals surface area contributed by atoms with Gasteiger partial charge in [0.2, 0.25) is 15.9 Å². The lowest BCUT2D eigenvalue weighted by molar-refractivity contribution is -0.115. The van der Waals surface area contributed by atoms with Crippen LogP contribution in [0.15, 0.2) is 82.6 Å². The lowest BCUT2D eigenvalue weighted by atomic mass is 10.1. The number of thioether (sulfide) groups is 1. The maximum Gasteiger partial charge on any atom is 0.255 e. The average molecular weight is 470 g/mol. The quantitative estimate of drug-likeness (QED) is 0.452. The van der Waals surface area contributed by atoms with E-state index in [2.05, 4.69) is 10.6 Å². The Labute approximate surface area is 191 Å². The number of primary sulfonamides is 1. The second kappa shape index (κ2) is 9.99. The number of carbonyl (C=O) groups is 2. The Kier molecular flexibility index (Phi) is 7.34. The number of nitrogens with one attached hydrogen (secondary N) is 2. The molecule has 32 heavy (non-hydrogen) atoms. The Bertz CT molecular complexity index is 1210. The molecule has 0 saturated heterocycles. The molecular formula is C23H23N3O4S2. The molecule has 0 aromatic heterocycles. The van der Waals surface area contributed by atoms with Gasteiger partial charge in [-0.05, 0) is 74.5 Å². The van der Waals surface area contributed by atoms with Crippen molar-refractivity contribution in [3.8, 4) is 0 Å². The zero-order chi connectivity index (χ0) is 23.3. The zero-order valence-corrected chi connectivity index (χ0v) is 19.2. The second-order valence-corrected chi connectivity index (χ2v) is 10.1. The van der Waals surface area contributed by atoms with E-state index in [0.717, 1.165) is 10.5 Å². The molecule has 0 heterocycles. The topological polar surface area (TPSA) is 118 Å². The predicted octanol–water partition coefficient (Wildman–Crippen LogP) is 4.01. The molecule has 1 unspecified atom stereocenters. The molecule has 3 rings (SSSR count). The van der Waals surface area contributed by atoms with E-state index in [1.165, 1.54) is 36.0 Å². The number of aryl methyl sites for hydroxylation is 1. The number of hydrogen-bond acceptors (Lipinski definition) is 5.